The number of nitrogens with zero attached hydrogens (tertiary/aromatic N) is 1. The minimum atomic E-state index is -0.701. The van der Waals surface area contributed by atoms with Crippen LogP contribution < -0.4 is 0 Å². The summed E-state index contributed by atoms with van der Waals surface area (Å²) in [4.78, 5) is 22.3. The van der Waals surface area contributed by atoms with Crippen molar-refractivity contribution in [1.29, 1.82) is 0 Å². The second-order valence-corrected chi connectivity index (χ2v) is 5.83. The largest absolute Gasteiger partial charge is 0.294 e. The van der Waals surface area contributed by atoms with Gasteiger partial charge in [-0.1, -0.05) is 0 Å². The molecule has 1 aliphatic heterocycles. The monoisotopic (exact) mass is 283 g/mol. The Balaban J connectivity index is 2.16. The van der Waals surface area contributed by atoms with Crippen molar-refractivity contribution in [1.82, 2.24) is 0 Å². The number of carbonyl (C=O) groups is 1. The lowest BCUT2D eigenvalue weighted by Crippen LogP contribution is -2.15. The van der Waals surface area contributed by atoms with E-state index in [1.807, 2.05) is 11.8 Å². The Kier molecular flexibility index (Phi) is 4.52. The predicted molar refractivity (Wildman–Crippen MR) is 72.1 cm³/mol. The molecule has 102 valence electrons. The van der Waals surface area contributed by atoms with Crippen molar-refractivity contribution in [2.75, 3.05) is 11.5 Å². The fourth-order valence-electron chi connectivity index (χ4n) is 2.21. The molecular weight excluding hydrogens is 269 g/mol. The maximum atomic E-state index is 13.0. The van der Waals surface area contributed by atoms with Crippen molar-refractivity contribution >= 4 is 23.2 Å². The van der Waals surface area contributed by atoms with E-state index in [0.717, 1.165) is 36.5 Å². The Morgan fingerprint density at radius 3 is 2.74 bits per heavy atom. The molecule has 0 bridgehead atoms. The summed E-state index contributed by atoms with van der Waals surface area (Å²) in [7, 11) is 0. The molecule has 0 N–H and O–H groups in total. The SMILES string of the molecule is O=C(CC1CCSCC1)c1ccc(F)cc1[N+](=O)[O-]. The number of hydrogen-bond acceptors (Lipinski definition) is 4. The predicted octanol–water partition coefficient (Wildman–Crippen LogP) is 3.45. The number of nitro benzene ring substituents is 1. The number of Topliss-reactive ketones (excluding diaryl/α,β-unsaturated/α-hetero) is 1. The third kappa shape index (κ3) is 3.53. The molecule has 0 radical (unpaired) electrons. The van der Waals surface area contributed by atoms with Crippen molar-refractivity contribution in [2.45, 2.75) is 19.3 Å². The number of benzene rings is 1. The highest BCUT2D eigenvalue weighted by Crippen LogP contribution is 2.28. The van der Waals surface area contributed by atoms with Gasteiger partial charge in [0.1, 0.15) is 5.82 Å². The van der Waals surface area contributed by atoms with Gasteiger partial charge in [-0.3, -0.25) is 14.9 Å². The van der Waals surface area contributed by atoms with E-state index in [9.17, 15) is 19.3 Å². The van der Waals surface area contributed by atoms with Crippen molar-refractivity contribution in [3.63, 3.8) is 0 Å². The summed E-state index contributed by atoms with van der Waals surface area (Å²) in [5.74, 6) is 1.40. The van der Waals surface area contributed by atoms with Gasteiger partial charge < -0.3 is 0 Å². The number of ketones is 1. The molecular formula is C13H14FNO3S. The van der Waals surface area contributed by atoms with Gasteiger partial charge in [0.2, 0.25) is 0 Å². The van der Waals surface area contributed by atoms with Crippen molar-refractivity contribution in [3.05, 3.63) is 39.7 Å². The van der Waals surface area contributed by atoms with E-state index in [2.05, 4.69) is 0 Å². The van der Waals surface area contributed by atoms with Crippen LogP contribution >= 0.6 is 11.8 Å². The molecule has 19 heavy (non-hydrogen) atoms. The molecule has 0 aliphatic carbocycles. The van der Waals surface area contributed by atoms with Gasteiger partial charge in [0.15, 0.2) is 5.78 Å². The molecule has 0 saturated carbocycles. The van der Waals surface area contributed by atoms with E-state index >= 15 is 0 Å². The topological polar surface area (TPSA) is 60.2 Å². The standard InChI is InChI=1S/C13H14FNO3S/c14-10-1-2-11(12(8-10)15(17)18)13(16)7-9-3-5-19-6-4-9/h1-2,8-9H,3-7H2. The first kappa shape index (κ1) is 14.0. The molecule has 1 heterocycles. The molecule has 1 aromatic carbocycles. The molecule has 0 atom stereocenters. The molecule has 0 spiro atoms. The van der Waals surface area contributed by atoms with Gasteiger partial charge in [-0.05, 0) is 42.4 Å². The van der Waals surface area contributed by atoms with Crippen molar-refractivity contribution < 1.29 is 14.1 Å². The minimum absolute atomic E-state index is 0.0182. The van der Waals surface area contributed by atoms with Crippen LogP contribution in [0.1, 0.15) is 29.6 Å². The van der Waals surface area contributed by atoms with E-state index < -0.39 is 16.4 Å². The summed E-state index contributed by atoms with van der Waals surface area (Å²) in [6.45, 7) is 0. The zero-order valence-corrected chi connectivity index (χ0v) is 11.1. The van der Waals surface area contributed by atoms with E-state index in [1.165, 1.54) is 6.07 Å². The van der Waals surface area contributed by atoms with Crippen LogP contribution in [0.15, 0.2) is 18.2 Å². The van der Waals surface area contributed by atoms with Crippen LogP contribution in [0, 0.1) is 21.8 Å². The van der Waals surface area contributed by atoms with Crippen LogP contribution in [0.3, 0.4) is 0 Å². The lowest BCUT2D eigenvalue weighted by molar-refractivity contribution is -0.385. The van der Waals surface area contributed by atoms with Crippen LogP contribution in [0.2, 0.25) is 0 Å². The lowest BCUT2D eigenvalue weighted by atomic mass is 9.93. The summed E-state index contributed by atoms with van der Waals surface area (Å²) in [6.07, 6.45) is 2.24. The van der Waals surface area contributed by atoms with Gasteiger partial charge in [0.05, 0.1) is 16.6 Å². The first-order valence-electron chi connectivity index (χ1n) is 6.13. The van der Waals surface area contributed by atoms with E-state index in [0.29, 0.717) is 12.3 Å². The lowest BCUT2D eigenvalue weighted by Gasteiger charge is -2.20. The van der Waals surface area contributed by atoms with Gasteiger partial charge in [0.25, 0.3) is 5.69 Å². The number of carbonyl (C=O) groups excluding carboxylic acids is 1. The Morgan fingerprint density at radius 1 is 1.42 bits per heavy atom. The highest BCUT2D eigenvalue weighted by molar-refractivity contribution is 7.99. The molecule has 1 saturated heterocycles. The summed E-state index contributed by atoms with van der Waals surface area (Å²) in [6, 6.07) is 3.12. The molecule has 0 aromatic heterocycles. The molecule has 0 amide bonds. The van der Waals surface area contributed by atoms with E-state index in [4.69, 9.17) is 0 Å². The average molecular weight is 283 g/mol. The molecule has 2 rings (SSSR count). The molecule has 1 aliphatic rings. The first-order valence-corrected chi connectivity index (χ1v) is 7.28. The average Bonchev–Trinajstić information content (AvgIpc) is 2.39. The summed E-state index contributed by atoms with van der Waals surface area (Å²) in [5, 5.41) is 10.9. The molecule has 6 heteroatoms. The first-order chi connectivity index (χ1) is 9.08. The Labute approximate surface area is 114 Å². The Hall–Kier alpha value is -1.43. The number of halogens is 1. The minimum Gasteiger partial charge on any atom is -0.294 e. The van der Waals surface area contributed by atoms with E-state index in [-0.39, 0.29) is 11.3 Å². The maximum Gasteiger partial charge on any atom is 0.283 e. The number of hydrogen-bond donors (Lipinski definition) is 0. The van der Waals surface area contributed by atoms with Gasteiger partial charge in [-0.15, -0.1) is 0 Å². The molecule has 0 unspecified atom stereocenters. The second-order valence-electron chi connectivity index (χ2n) is 4.60. The number of rotatable bonds is 4. The number of thioether (sulfide) groups is 1. The summed E-state index contributed by atoms with van der Waals surface area (Å²) < 4.78 is 13.0. The number of nitro groups is 1. The third-order valence-electron chi connectivity index (χ3n) is 3.27. The van der Waals surface area contributed by atoms with Crippen LogP contribution in [0.5, 0.6) is 0 Å². The summed E-state index contributed by atoms with van der Waals surface area (Å²) >= 11 is 1.86. The smallest absolute Gasteiger partial charge is 0.283 e. The van der Waals surface area contributed by atoms with E-state index in [1.54, 1.807) is 0 Å². The van der Waals surface area contributed by atoms with Crippen LogP contribution in [-0.2, 0) is 0 Å². The van der Waals surface area contributed by atoms with Gasteiger partial charge in [0, 0.05) is 6.42 Å². The van der Waals surface area contributed by atoms with Crippen LogP contribution in [0.25, 0.3) is 0 Å². The Bertz CT molecular complexity index is 501. The highest BCUT2D eigenvalue weighted by atomic mass is 32.2. The quantitative estimate of drug-likeness (QED) is 0.482. The van der Waals surface area contributed by atoms with Gasteiger partial charge in [-0.25, -0.2) is 4.39 Å². The van der Waals surface area contributed by atoms with Crippen LogP contribution in [0.4, 0.5) is 10.1 Å². The normalized spacial score (nSPS) is 16.3. The summed E-state index contributed by atoms with van der Waals surface area (Å²) in [5.41, 5.74) is -0.417. The Morgan fingerprint density at radius 2 is 2.11 bits per heavy atom. The second kappa shape index (κ2) is 6.14. The maximum absolute atomic E-state index is 13.0. The molecule has 1 aromatic rings. The molecule has 4 nitrogen and oxygen atoms in total. The van der Waals surface area contributed by atoms with Gasteiger partial charge >= 0.3 is 0 Å². The van der Waals surface area contributed by atoms with Crippen molar-refractivity contribution in [3.8, 4) is 0 Å². The van der Waals surface area contributed by atoms with Crippen LogP contribution in [-0.4, -0.2) is 22.2 Å². The zero-order valence-electron chi connectivity index (χ0n) is 10.3. The highest BCUT2D eigenvalue weighted by Gasteiger charge is 2.24. The fraction of sp³-hybridized carbons (Fsp3) is 0.462. The zero-order chi connectivity index (χ0) is 13.8. The third-order valence-corrected chi connectivity index (χ3v) is 4.32. The fourth-order valence-corrected chi connectivity index (χ4v) is 3.42. The van der Waals surface area contributed by atoms with Gasteiger partial charge in [-0.2, -0.15) is 11.8 Å². The molecule has 1 fully saturated rings. The van der Waals surface area contributed by atoms with Crippen molar-refractivity contribution in [2.24, 2.45) is 5.92 Å².